The molecule has 0 heterocycles. The molecule has 0 radical (unpaired) electrons. The predicted octanol–water partition coefficient (Wildman–Crippen LogP) is 2.96. The van der Waals surface area contributed by atoms with Crippen molar-refractivity contribution in [1.29, 1.82) is 0 Å². The van der Waals surface area contributed by atoms with Gasteiger partial charge in [0, 0.05) is 0 Å². The number of benzene rings is 2. The third kappa shape index (κ3) is 1.54. The number of fused-ring (bicyclic) bond motifs is 1. The minimum absolute atomic E-state index is 0.769. The number of hydrogen-bond donors (Lipinski definition) is 0. The fourth-order valence-electron chi connectivity index (χ4n) is 1.64. The van der Waals surface area contributed by atoms with Crippen molar-refractivity contribution in [3.05, 3.63) is 60.9 Å². The molecule has 0 aliphatic carbocycles. The molecule has 0 aliphatic heterocycles. The highest BCUT2D eigenvalue weighted by atomic mass is 14.0. The fourth-order valence-corrected chi connectivity index (χ4v) is 1.64. The Labute approximate surface area is 89.9 Å². The third-order valence-corrected chi connectivity index (χ3v) is 2.26. The molecule has 0 atom stereocenters. The monoisotopic (exact) mass is 188 g/mol. The fraction of sp³-hybridized carbons (Fsp3) is 0. The van der Waals surface area contributed by atoms with Crippen LogP contribution >= 0.6 is 0 Å². The molecule has 70 valence electrons. The van der Waals surface area contributed by atoms with Gasteiger partial charge in [-0.05, 0) is 5.39 Å². The summed E-state index contributed by atoms with van der Waals surface area (Å²) in [6.07, 6.45) is 7.24. The van der Waals surface area contributed by atoms with Gasteiger partial charge < -0.3 is 6.42 Å². The molecule has 15 heavy (non-hydrogen) atoms. The zero-order valence-corrected chi connectivity index (χ0v) is 8.17. The van der Waals surface area contributed by atoms with Crippen LogP contribution in [0.1, 0.15) is 11.1 Å². The third-order valence-electron chi connectivity index (χ3n) is 2.26. The summed E-state index contributed by atoms with van der Waals surface area (Å²) in [5.74, 6) is 8.01. The number of rotatable bonds is 0. The van der Waals surface area contributed by atoms with Crippen molar-refractivity contribution in [3.8, 4) is 17.8 Å². The maximum Gasteiger partial charge on any atom is -0.0356 e. The second-order valence-electron chi connectivity index (χ2n) is 3.14. The first-order valence-electron chi connectivity index (χ1n) is 4.59. The van der Waals surface area contributed by atoms with Crippen LogP contribution in [0.25, 0.3) is 10.8 Å². The summed E-state index contributed by atoms with van der Waals surface area (Å²) in [5.41, 5.74) is 1.67. The van der Waals surface area contributed by atoms with Crippen molar-refractivity contribution in [2.75, 3.05) is 0 Å². The molecule has 0 fully saturated rings. The van der Waals surface area contributed by atoms with Gasteiger partial charge in [0.25, 0.3) is 0 Å². The Balaban J connectivity index is 2.92. The lowest BCUT2D eigenvalue weighted by atomic mass is 10.00. The molecule has 0 saturated heterocycles. The molecule has 0 unspecified atom stereocenters. The molecule has 0 heteroatoms. The topological polar surface area (TPSA) is 0 Å². The van der Waals surface area contributed by atoms with Gasteiger partial charge >= 0.3 is 0 Å². The van der Waals surface area contributed by atoms with Gasteiger partial charge in [-0.15, -0.1) is 11.6 Å². The van der Waals surface area contributed by atoms with Crippen LogP contribution in [0, 0.1) is 31.1 Å². The van der Waals surface area contributed by atoms with Crippen LogP contribution in [0.4, 0.5) is 0 Å². The van der Waals surface area contributed by atoms with Gasteiger partial charge in [0.2, 0.25) is 0 Å². The van der Waals surface area contributed by atoms with Crippen LogP contribution in [-0.2, 0) is 0 Å². The van der Waals surface area contributed by atoms with E-state index in [1.807, 2.05) is 36.4 Å². The van der Waals surface area contributed by atoms with Crippen LogP contribution in [0.2, 0.25) is 0 Å². The Morgan fingerprint density at radius 2 is 1.67 bits per heavy atom. The average Bonchev–Trinajstić information content (AvgIpc) is 2.29. The van der Waals surface area contributed by atoms with Crippen LogP contribution in [0.5, 0.6) is 0 Å². The highest BCUT2D eigenvalue weighted by Crippen LogP contribution is 2.21. The van der Waals surface area contributed by atoms with E-state index >= 15 is 0 Å². The van der Waals surface area contributed by atoms with E-state index in [1.54, 1.807) is 0 Å². The zero-order chi connectivity index (χ0) is 10.7. The average molecular weight is 188 g/mol. The van der Waals surface area contributed by atoms with Gasteiger partial charge in [0.15, 0.2) is 0 Å². The maximum absolute atomic E-state index is 7.24. The predicted molar refractivity (Wildman–Crippen MR) is 62.4 cm³/mol. The lowest BCUT2D eigenvalue weighted by Crippen LogP contribution is -1.84. The van der Waals surface area contributed by atoms with E-state index in [-0.39, 0.29) is 0 Å². The maximum atomic E-state index is 7.24. The van der Waals surface area contributed by atoms with E-state index in [9.17, 15) is 0 Å². The Morgan fingerprint density at radius 3 is 2.27 bits per heavy atom. The van der Waals surface area contributed by atoms with Crippen molar-refractivity contribution in [2.24, 2.45) is 0 Å². The standard InChI is InChI=1S/C15H8/c1-3-7-13-9-6-11-14-10-5-8-12(4-2)15(13)14/h5-6,8-11H,1H2/q-2. The van der Waals surface area contributed by atoms with Gasteiger partial charge in [0.05, 0.1) is 0 Å². The van der Waals surface area contributed by atoms with Gasteiger partial charge in [-0.2, -0.15) is 6.92 Å². The molecule has 2 rings (SSSR count). The molecule has 2 aromatic rings. The second kappa shape index (κ2) is 3.82. The van der Waals surface area contributed by atoms with Gasteiger partial charge in [0.1, 0.15) is 0 Å². The van der Waals surface area contributed by atoms with Gasteiger partial charge in [-0.25, -0.2) is 0 Å². The highest BCUT2D eigenvalue weighted by molar-refractivity contribution is 5.93. The van der Waals surface area contributed by atoms with Gasteiger partial charge in [-0.3, -0.25) is 17.8 Å². The molecule has 2 aromatic carbocycles. The van der Waals surface area contributed by atoms with Crippen LogP contribution < -0.4 is 0 Å². The Morgan fingerprint density at radius 1 is 1.00 bits per heavy atom. The van der Waals surface area contributed by atoms with Crippen molar-refractivity contribution in [3.63, 3.8) is 0 Å². The molecule has 0 spiro atoms. The summed E-state index contributed by atoms with van der Waals surface area (Å²) in [5, 5.41) is 2.05. The summed E-state index contributed by atoms with van der Waals surface area (Å²) in [6, 6.07) is 11.7. The largest absolute Gasteiger partial charge is 0.366 e. The minimum Gasteiger partial charge on any atom is -0.366 e. The van der Waals surface area contributed by atoms with Crippen LogP contribution in [0.15, 0.2) is 36.4 Å². The summed E-state index contributed by atoms with van der Waals surface area (Å²) in [6.45, 7) is 3.51. The van der Waals surface area contributed by atoms with Crippen molar-refractivity contribution >= 4 is 10.8 Å². The van der Waals surface area contributed by atoms with Crippen molar-refractivity contribution < 1.29 is 0 Å². The van der Waals surface area contributed by atoms with Gasteiger partial charge in [-0.1, -0.05) is 41.3 Å². The summed E-state index contributed by atoms with van der Waals surface area (Å²) < 4.78 is 0. The van der Waals surface area contributed by atoms with E-state index in [2.05, 4.69) is 24.7 Å². The second-order valence-corrected chi connectivity index (χ2v) is 3.14. The van der Waals surface area contributed by atoms with Crippen LogP contribution in [0.3, 0.4) is 0 Å². The SMILES string of the molecule is [C-]#Cc1cccc2cccc(C#C[CH2-])c12. The molecular formula is C15H8-2. The summed E-state index contributed by atoms with van der Waals surface area (Å²) in [4.78, 5) is 0. The highest BCUT2D eigenvalue weighted by Gasteiger charge is 1.93. The van der Waals surface area contributed by atoms with E-state index in [1.165, 1.54) is 0 Å². The van der Waals surface area contributed by atoms with Crippen molar-refractivity contribution in [1.82, 2.24) is 0 Å². The molecule has 0 nitrogen and oxygen atoms in total. The molecule has 0 amide bonds. The Kier molecular flexibility index (Phi) is 2.36. The molecule has 0 saturated carbocycles. The summed E-state index contributed by atoms with van der Waals surface area (Å²) >= 11 is 0. The van der Waals surface area contributed by atoms with Crippen LogP contribution in [-0.4, -0.2) is 0 Å². The number of hydrogen-bond acceptors (Lipinski definition) is 0. The van der Waals surface area contributed by atoms with Crippen molar-refractivity contribution in [2.45, 2.75) is 0 Å². The lowest BCUT2D eigenvalue weighted by Gasteiger charge is -2.12. The molecule has 0 N–H and O–H groups in total. The zero-order valence-electron chi connectivity index (χ0n) is 8.17. The first kappa shape index (κ1) is 9.25. The molecule has 0 aromatic heterocycles. The quantitative estimate of drug-likeness (QED) is 0.440. The minimum atomic E-state index is 0.769. The van der Waals surface area contributed by atoms with E-state index in [0.717, 1.165) is 21.9 Å². The van der Waals surface area contributed by atoms with E-state index in [0.29, 0.717) is 0 Å². The molecule has 0 aliphatic rings. The first-order valence-corrected chi connectivity index (χ1v) is 4.59. The van der Waals surface area contributed by atoms with E-state index < -0.39 is 0 Å². The van der Waals surface area contributed by atoms with E-state index in [4.69, 9.17) is 6.42 Å². The molecular weight excluding hydrogens is 180 g/mol. The lowest BCUT2D eigenvalue weighted by molar-refractivity contribution is 1.67. The smallest absolute Gasteiger partial charge is 0.0356 e. The first-order chi connectivity index (χ1) is 7.36. The Hall–Kier alpha value is -2.31. The normalized spacial score (nSPS) is 9.00. The molecule has 0 bridgehead atoms. The Bertz CT molecular complexity index is 596. The summed E-state index contributed by atoms with van der Waals surface area (Å²) in [7, 11) is 0.